The van der Waals surface area contributed by atoms with Crippen LogP contribution in [0.2, 0.25) is 0 Å². The first-order valence-electron chi connectivity index (χ1n) is 14.2. The zero-order chi connectivity index (χ0) is 31.3. The second kappa shape index (κ2) is 11.4. The van der Waals surface area contributed by atoms with Crippen molar-refractivity contribution < 1.29 is 28.3 Å². The Hall–Kier alpha value is -1.26. The molecule has 0 atom stereocenters. The molecule has 40 heavy (non-hydrogen) atoms. The second-order valence-corrected chi connectivity index (χ2v) is 22.1. The molecule has 2 aromatic rings. The molecule has 0 aliphatic heterocycles. The summed E-state index contributed by atoms with van der Waals surface area (Å²) < 4.78 is 19.2. The number of hydrogen-bond acceptors (Lipinski definition) is 6. The Morgan fingerprint density at radius 3 is 1.12 bits per heavy atom. The summed E-state index contributed by atoms with van der Waals surface area (Å²) in [6.07, 6.45) is 0. The molecule has 0 aliphatic rings. The Morgan fingerprint density at radius 1 is 0.575 bits per heavy atom. The van der Waals surface area contributed by atoms with Crippen LogP contribution in [0.25, 0.3) is 0 Å². The van der Waals surface area contributed by atoms with Crippen LogP contribution in [0, 0.1) is 13.8 Å². The molecule has 0 aliphatic carbocycles. The van der Waals surface area contributed by atoms with E-state index in [2.05, 4.69) is 107 Å². The van der Waals surface area contributed by atoms with Gasteiger partial charge in [0.15, 0.2) is 0 Å². The third-order valence-corrected chi connectivity index (χ3v) is 13.1. The van der Waals surface area contributed by atoms with Gasteiger partial charge in [-0.25, -0.2) is 0 Å². The molecule has 8 heteroatoms. The predicted octanol–water partition coefficient (Wildman–Crippen LogP) is 8.87. The molecule has 3 N–H and O–H groups in total. The van der Waals surface area contributed by atoms with Crippen molar-refractivity contribution in [1.82, 2.24) is 0 Å². The minimum absolute atomic E-state index is 0.0661. The molecule has 230 valence electrons. The van der Waals surface area contributed by atoms with Crippen molar-refractivity contribution in [3.05, 3.63) is 57.6 Å². The fourth-order valence-electron chi connectivity index (χ4n) is 4.57. The number of hydrogen-bond donors (Lipinski definition) is 3. The van der Waals surface area contributed by atoms with Crippen molar-refractivity contribution in [3.8, 4) is 11.5 Å². The Balaban J connectivity index is 2.92. The van der Waals surface area contributed by atoms with Gasteiger partial charge in [-0.1, -0.05) is 0 Å². The summed E-state index contributed by atoms with van der Waals surface area (Å²) in [5.41, 5.74) is 4.75. The first-order chi connectivity index (χ1) is 17.7. The predicted molar refractivity (Wildman–Crippen MR) is 173 cm³/mol. The van der Waals surface area contributed by atoms with E-state index >= 15 is 0 Å². The van der Waals surface area contributed by atoms with E-state index in [0.717, 1.165) is 33.4 Å². The van der Waals surface area contributed by atoms with Gasteiger partial charge in [-0.2, -0.15) is 0 Å². The van der Waals surface area contributed by atoms with Crippen molar-refractivity contribution in [3.63, 3.8) is 0 Å². The van der Waals surface area contributed by atoms with E-state index < -0.39 is 15.3 Å². The Labute approximate surface area is 244 Å². The topological polar surface area (TPSA) is 88.4 Å². The Bertz CT molecular complexity index is 1120. The normalized spacial score (nSPS) is 14.8. The van der Waals surface area contributed by atoms with Crippen LogP contribution in [-0.2, 0) is 26.2 Å². The fraction of sp³-hybridized carbons (Fsp3) is 0.625. The van der Waals surface area contributed by atoms with E-state index in [1.54, 1.807) is 6.92 Å². The van der Waals surface area contributed by atoms with E-state index in [4.69, 9.17) is 13.6 Å². The van der Waals surface area contributed by atoms with Gasteiger partial charge in [-0.15, -0.1) is 0 Å². The summed E-state index contributed by atoms with van der Waals surface area (Å²) in [4.78, 5) is 33.2. The van der Waals surface area contributed by atoms with Crippen molar-refractivity contribution in [2.45, 2.75) is 126 Å². The second-order valence-electron chi connectivity index (χ2n) is 15.2. The van der Waals surface area contributed by atoms with Gasteiger partial charge in [-0.3, -0.25) is 0 Å². The van der Waals surface area contributed by atoms with E-state index in [9.17, 15) is 14.7 Å². The van der Waals surface area contributed by atoms with Crippen LogP contribution in [0.4, 0.5) is 0 Å². The summed E-state index contributed by atoms with van der Waals surface area (Å²) in [6.45, 7) is 31.1. The van der Waals surface area contributed by atoms with Gasteiger partial charge >= 0.3 is 245 Å². The van der Waals surface area contributed by atoms with Crippen LogP contribution in [-0.4, -0.2) is 21.3 Å². The van der Waals surface area contributed by atoms with Crippen molar-refractivity contribution >= 4 is 15.3 Å². The average molecular weight is 599 g/mol. The van der Waals surface area contributed by atoms with Gasteiger partial charge in [0.1, 0.15) is 0 Å². The maximum absolute atomic E-state index is 11.1. The van der Waals surface area contributed by atoms with E-state index in [0.29, 0.717) is 11.5 Å². The number of aryl methyl sites for hydroxylation is 2. The number of benzene rings is 2. The van der Waals surface area contributed by atoms with Gasteiger partial charge in [0.05, 0.1) is 0 Å². The number of rotatable bonds is 7. The quantitative estimate of drug-likeness (QED) is 0.276. The van der Waals surface area contributed by atoms with Crippen LogP contribution >= 0.6 is 15.3 Å². The molecule has 0 unspecified atom stereocenters. The molecule has 2 aromatic carbocycles. The molecule has 0 saturated carbocycles. The van der Waals surface area contributed by atoms with Crippen molar-refractivity contribution in [1.29, 1.82) is 0 Å². The first-order valence-corrected chi connectivity index (χ1v) is 18.8. The molecule has 6 nitrogen and oxygen atoms in total. The Kier molecular flexibility index (Phi) is 9.99. The van der Waals surface area contributed by atoms with Crippen molar-refractivity contribution in [2.75, 3.05) is 6.61 Å². The molecule has 0 fully saturated rings. The molecule has 0 saturated heterocycles. The minimum atomic E-state index is -5.16. The monoisotopic (exact) mass is 598 g/mol. The SMILES string of the molecule is CCO[PH](Oc1c(C)cc(C(C)(C)C)cc1C(C)(C)C)(Oc1c(C)cc(C(C)(C)C)cc1C(C)(C)C)[PH](O)(O)O. The van der Waals surface area contributed by atoms with Gasteiger partial charge in [0, 0.05) is 0 Å². The van der Waals surface area contributed by atoms with Crippen LogP contribution in [0.5, 0.6) is 11.5 Å². The first kappa shape index (κ1) is 34.9. The third-order valence-electron chi connectivity index (χ3n) is 7.12. The van der Waals surface area contributed by atoms with E-state index in [1.165, 1.54) is 0 Å². The van der Waals surface area contributed by atoms with Crippen LogP contribution in [0.1, 0.15) is 123 Å². The Morgan fingerprint density at radius 2 is 0.900 bits per heavy atom. The summed E-state index contributed by atoms with van der Waals surface area (Å²) in [5.74, 6) is 0.909. The molecular weight excluding hydrogens is 542 g/mol. The fourth-order valence-corrected chi connectivity index (χ4v) is 9.11. The van der Waals surface area contributed by atoms with Gasteiger partial charge in [-0.05, 0) is 0 Å². The molecule has 0 bridgehead atoms. The molecule has 2 rings (SSSR count). The summed E-state index contributed by atoms with van der Waals surface area (Å²) >= 11 is 0. The average Bonchev–Trinajstić information content (AvgIpc) is 2.72. The van der Waals surface area contributed by atoms with Crippen LogP contribution in [0.3, 0.4) is 0 Å². The van der Waals surface area contributed by atoms with Crippen LogP contribution < -0.4 is 9.05 Å². The van der Waals surface area contributed by atoms with Gasteiger partial charge < -0.3 is 0 Å². The molecular formula is C32H56O6P2. The zero-order valence-corrected chi connectivity index (χ0v) is 29.6. The van der Waals surface area contributed by atoms with Crippen molar-refractivity contribution in [2.24, 2.45) is 0 Å². The summed E-state index contributed by atoms with van der Waals surface area (Å²) in [5, 5.41) is 0. The molecule has 0 spiro atoms. The molecule has 0 radical (unpaired) electrons. The van der Waals surface area contributed by atoms with Gasteiger partial charge in [0.2, 0.25) is 0 Å². The zero-order valence-electron chi connectivity index (χ0n) is 27.6. The van der Waals surface area contributed by atoms with Crippen LogP contribution in [0.15, 0.2) is 24.3 Å². The molecule has 0 heterocycles. The van der Waals surface area contributed by atoms with Gasteiger partial charge in [0.25, 0.3) is 0 Å². The van der Waals surface area contributed by atoms with E-state index in [1.807, 2.05) is 13.8 Å². The standard InChI is InChI=1S/C32H56O6P2/c1-16-36-40(39(33,34)35,37-27-21(2)17-23(29(4,5)6)19-25(27)31(10,11)12)38-28-22(3)18-24(30(7,8)9)20-26(28)32(13,14)15/h17-20,33-35,39-40H,16H2,1-15H3. The molecule has 0 amide bonds. The maximum atomic E-state index is 11.1. The summed E-state index contributed by atoms with van der Waals surface area (Å²) in [6, 6.07) is 8.31. The summed E-state index contributed by atoms with van der Waals surface area (Å²) in [7, 11) is -9.74. The molecule has 0 aromatic heterocycles. The van der Waals surface area contributed by atoms with E-state index in [-0.39, 0.29) is 28.3 Å². The third kappa shape index (κ3) is 7.77.